The van der Waals surface area contributed by atoms with E-state index in [1.165, 1.54) is 27.4 Å². The molecule has 0 radical (unpaired) electrons. The maximum absolute atomic E-state index is 14.7. The van der Waals surface area contributed by atoms with E-state index in [4.69, 9.17) is 23.7 Å². The first-order valence-electron chi connectivity index (χ1n) is 19.5. The topological polar surface area (TPSA) is 153 Å². The first kappa shape index (κ1) is 49.2. The third-order valence-corrected chi connectivity index (χ3v) is 13.9. The molecular weight excluding hydrogens is 771 g/mol. The molecule has 2 rings (SSSR count). The Balaban J connectivity index is 2.64. The zero-order chi connectivity index (χ0) is 42.3. The average Bonchev–Trinajstić information content (AvgIpc) is 3.05. The number of ether oxygens (including phenoxy) is 5. The minimum absolute atomic E-state index is 0.0940. The van der Waals surface area contributed by atoms with Crippen LogP contribution in [0.2, 0.25) is 51.4 Å². The lowest BCUT2D eigenvalue weighted by molar-refractivity contribution is -0.118. The fraction of sp³-hybridized carbons (Fsp3) is 0.650. The molecule has 0 saturated heterocycles. The summed E-state index contributed by atoms with van der Waals surface area (Å²) < 4.78 is 59.9. The van der Waals surface area contributed by atoms with Crippen molar-refractivity contribution in [3.05, 3.63) is 54.1 Å². The standard InChI is InChI=1S/C40H69N3O10SSi2/c1-13-51-38(44)41-34-26-33(19-20-36(34)52-29-49-21-23-55(7,8)9)54(47,48)42(27-31(2)3)28-37(53-30-50-22-24-56(10,11)12)35(25-32-17-15-14-16-18-32)43(39(45)46)40(4,5)6/h14-20,26,31,35,37H,13,21-25,27-30H2,1-12H3,(H,41,44)(H,45,46)/t35-,37+/m0/s1. The van der Waals surface area contributed by atoms with Gasteiger partial charge in [-0.25, -0.2) is 18.0 Å². The van der Waals surface area contributed by atoms with Crippen molar-refractivity contribution in [1.82, 2.24) is 9.21 Å². The van der Waals surface area contributed by atoms with E-state index in [-0.39, 0.29) is 62.0 Å². The Labute approximate surface area is 338 Å². The highest BCUT2D eigenvalue weighted by molar-refractivity contribution is 7.89. The van der Waals surface area contributed by atoms with Crippen LogP contribution in [-0.4, -0.2) is 115 Å². The molecule has 0 aromatic heterocycles. The zero-order valence-electron chi connectivity index (χ0n) is 35.8. The molecule has 0 fully saturated rings. The van der Waals surface area contributed by atoms with Crippen LogP contribution in [-0.2, 0) is 35.4 Å². The van der Waals surface area contributed by atoms with E-state index in [1.54, 1.807) is 6.92 Å². The maximum atomic E-state index is 14.7. The number of nitrogens with one attached hydrogen (secondary N) is 1. The van der Waals surface area contributed by atoms with Crippen LogP contribution in [0.4, 0.5) is 15.3 Å². The van der Waals surface area contributed by atoms with Gasteiger partial charge in [0.2, 0.25) is 10.0 Å². The van der Waals surface area contributed by atoms with Crippen molar-refractivity contribution in [2.75, 3.05) is 51.8 Å². The highest BCUT2D eigenvalue weighted by Gasteiger charge is 2.41. The van der Waals surface area contributed by atoms with E-state index >= 15 is 0 Å². The molecule has 2 N–H and O–H groups in total. The molecular formula is C40H69N3O10SSi2. The molecule has 0 spiro atoms. The summed E-state index contributed by atoms with van der Waals surface area (Å²) in [7, 11) is -7.04. The molecule has 318 valence electrons. The van der Waals surface area contributed by atoms with Crippen molar-refractivity contribution in [1.29, 1.82) is 0 Å². The number of hydrogen-bond donors (Lipinski definition) is 2. The normalized spacial score (nSPS) is 13.8. The quantitative estimate of drug-likeness (QED) is 0.0597. The van der Waals surface area contributed by atoms with Gasteiger partial charge in [0.1, 0.15) is 12.5 Å². The maximum Gasteiger partial charge on any atom is 0.411 e. The van der Waals surface area contributed by atoms with Gasteiger partial charge >= 0.3 is 12.2 Å². The van der Waals surface area contributed by atoms with Gasteiger partial charge in [-0.2, -0.15) is 4.31 Å². The number of sulfonamides is 1. The van der Waals surface area contributed by atoms with Crippen molar-refractivity contribution < 1.29 is 46.8 Å². The van der Waals surface area contributed by atoms with Gasteiger partial charge in [0.15, 0.2) is 6.79 Å². The number of nitrogens with zero attached hydrogens (tertiary/aromatic N) is 2. The highest BCUT2D eigenvalue weighted by Crippen LogP contribution is 2.32. The Bertz CT molecular complexity index is 1610. The molecule has 0 unspecified atom stereocenters. The molecule has 2 atom stereocenters. The lowest BCUT2D eigenvalue weighted by Crippen LogP contribution is -2.59. The van der Waals surface area contributed by atoms with Gasteiger partial charge < -0.3 is 28.8 Å². The van der Waals surface area contributed by atoms with Crippen LogP contribution in [0.3, 0.4) is 0 Å². The number of amides is 2. The highest BCUT2D eigenvalue weighted by atomic mass is 32.2. The molecule has 0 aliphatic carbocycles. The number of rotatable bonds is 24. The molecule has 13 nitrogen and oxygen atoms in total. The van der Waals surface area contributed by atoms with Crippen LogP contribution in [0.25, 0.3) is 0 Å². The Morgan fingerprint density at radius 3 is 1.98 bits per heavy atom. The number of benzene rings is 2. The predicted molar refractivity (Wildman–Crippen MR) is 228 cm³/mol. The second kappa shape index (κ2) is 22.2. The van der Waals surface area contributed by atoms with Crippen LogP contribution in [0.15, 0.2) is 53.4 Å². The van der Waals surface area contributed by atoms with E-state index < -0.39 is 56.0 Å². The third kappa shape index (κ3) is 17.6. The van der Waals surface area contributed by atoms with Crippen molar-refractivity contribution in [2.45, 2.75) is 122 Å². The van der Waals surface area contributed by atoms with Crippen molar-refractivity contribution >= 4 is 44.0 Å². The summed E-state index contributed by atoms with van der Waals surface area (Å²) in [6, 6.07) is 14.8. The Morgan fingerprint density at radius 1 is 0.875 bits per heavy atom. The number of anilines is 1. The van der Waals surface area contributed by atoms with Gasteiger partial charge in [-0.05, 0) is 75.9 Å². The predicted octanol–water partition coefficient (Wildman–Crippen LogP) is 8.68. The van der Waals surface area contributed by atoms with Gasteiger partial charge in [0.25, 0.3) is 0 Å². The summed E-state index contributed by atoms with van der Waals surface area (Å²) in [6.45, 7) is 25.1. The molecule has 0 heterocycles. The van der Waals surface area contributed by atoms with Crippen molar-refractivity contribution in [3.63, 3.8) is 0 Å². The third-order valence-electron chi connectivity index (χ3n) is 8.69. The molecule has 0 aliphatic heterocycles. The minimum atomic E-state index is -4.29. The number of hydrogen-bond acceptors (Lipinski definition) is 9. The molecule has 2 aromatic carbocycles. The van der Waals surface area contributed by atoms with E-state index in [1.807, 2.05) is 65.0 Å². The molecule has 0 aliphatic rings. The van der Waals surface area contributed by atoms with Gasteiger partial charge in [0.05, 0.1) is 29.3 Å². The Morgan fingerprint density at radius 2 is 1.46 bits per heavy atom. The second-order valence-electron chi connectivity index (χ2n) is 17.8. The molecule has 2 amide bonds. The summed E-state index contributed by atoms with van der Waals surface area (Å²) >= 11 is 0. The lowest BCUT2D eigenvalue weighted by atomic mass is 9.94. The monoisotopic (exact) mass is 839 g/mol. The average molecular weight is 840 g/mol. The molecule has 16 heteroatoms. The van der Waals surface area contributed by atoms with Crippen LogP contribution in [0, 0.1) is 5.92 Å². The van der Waals surface area contributed by atoms with Crippen molar-refractivity contribution in [3.8, 4) is 5.75 Å². The SMILES string of the molecule is CCOC(=O)Nc1cc(S(=O)(=O)N(CC(C)C)C[C@@H](OCOCC[Si](C)(C)C)[C@H](Cc2ccccc2)N(C(=O)O)C(C)(C)C)ccc1OCOCC[Si](C)(C)C. The summed E-state index contributed by atoms with van der Waals surface area (Å²) in [5, 5.41) is 13.3. The van der Waals surface area contributed by atoms with E-state index in [2.05, 4.69) is 44.6 Å². The number of carbonyl (C=O) groups is 2. The Hall–Kier alpha value is -3.00. The fourth-order valence-electron chi connectivity index (χ4n) is 5.77. The van der Waals surface area contributed by atoms with Gasteiger partial charge in [0, 0.05) is 48.0 Å². The number of carbonyl (C=O) groups excluding carboxylic acids is 1. The zero-order valence-corrected chi connectivity index (χ0v) is 38.7. The van der Waals surface area contributed by atoms with Crippen LogP contribution < -0.4 is 10.1 Å². The summed E-state index contributed by atoms with van der Waals surface area (Å²) in [5.74, 6) is 0.0968. The van der Waals surface area contributed by atoms with Gasteiger partial charge in [-0.1, -0.05) is 83.5 Å². The van der Waals surface area contributed by atoms with E-state index in [0.717, 1.165) is 17.7 Å². The summed E-state index contributed by atoms with van der Waals surface area (Å²) in [5.41, 5.74) is 0.0993. The van der Waals surface area contributed by atoms with Crippen LogP contribution >= 0.6 is 0 Å². The fourth-order valence-corrected chi connectivity index (χ4v) is 8.93. The number of carboxylic acid groups (broad SMARTS) is 1. The molecule has 0 saturated carbocycles. The molecule has 56 heavy (non-hydrogen) atoms. The first-order valence-corrected chi connectivity index (χ1v) is 28.3. The summed E-state index contributed by atoms with van der Waals surface area (Å²) in [6.07, 6.45) is -2.61. The van der Waals surface area contributed by atoms with Gasteiger partial charge in [-0.15, -0.1) is 0 Å². The van der Waals surface area contributed by atoms with Crippen LogP contribution in [0.1, 0.15) is 47.1 Å². The smallest absolute Gasteiger partial charge is 0.411 e. The van der Waals surface area contributed by atoms with E-state index in [9.17, 15) is 23.1 Å². The minimum Gasteiger partial charge on any atom is -0.465 e. The lowest BCUT2D eigenvalue weighted by Gasteiger charge is -2.44. The summed E-state index contributed by atoms with van der Waals surface area (Å²) in [4.78, 5) is 26.9. The van der Waals surface area contributed by atoms with Crippen molar-refractivity contribution in [2.24, 2.45) is 5.92 Å². The first-order chi connectivity index (χ1) is 25.9. The molecule has 0 bridgehead atoms. The largest absolute Gasteiger partial charge is 0.465 e. The Kier molecular flexibility index (Phi) is 19.5. The van der Waals surface area contributed by atoms with E-state index in [0.29, 0.717) is 13.2 Å². The molecule has 2 aromatic rings. The second-order valence-corrected chi connectivity index (χ2v) is 31.0. The van der Waals surface area contributed by atoms with Crippen LogP contribution in [0.5, 0.6) is 5.75 Å². The van der Waals surface area contributed by atoms with Gasteiger partial charge in [-0.3, -0.25) is 10.2 Å².